The Morgan fingerprint density at radius 1 is 1.60 bits per heavy atom. The van der Waals surface area contributed by atoms with Crippen molar-refractivity contribution in [2.24, 2.45) is 10.9 Å². The second kappa shape index (κ2) is 6.79. The molecule has 1 fully saturated rings. The molecule has 1 aliphatic heterocycles. The maximum atomic E-state index is 5.81. The van der Waals surface area contributed by atoms with Gasteiger partial charge in [0.2, 0.25) is 0 Å². The quantitative estimate of drug-likeness (QED) is 0.686. The van der Waals surface area contributed by atoms with E-state index in [0.29, 0.717) is 23.5 Å². The molecule has 2 atom stereocenters. The van der Waals surface area contributed by atoms with Gasteiger partial charge in [-0.3, -0.25) is 4.99 Å². The zero-order valence-electron chi connectivity index (χ0n) is 12.1. The molecule has 1 N–H and O–H groups in total. The Hall–Kier alpha value is -1.49. The number of hydrogen-bond acceptors (Lipinski definition) is 2. The van der Waals surface area contributed by atoms with E-state index in [-0.39, 0.29) is 0 Å². The first-order valence-corrected chi connectivity index (χ1v) is 7.26. The molecule has 0 aliphatic carbocycles. The molecule has 0 amide bonds. The molecular formula is C14H22ClN5. The van der Waals surface area contributed by atoms with Crippen molar-refractivity contribution in [1.29, 1.82) is 0 Å². The highest BCUT2D eigenvalue weighted by Crippen LogP contribution is 2.27. The Kier molecular flexibility index (Phi) is 5.06. The molecule has 0 bridgehead atoms. The Morgan fingerprint density at radius 3 is 3.00 bits per heavy atom. The summed E-state index contributed by atoms with van der Waals surface area (Å²) in [4.78, 5) is 10.8. The molecule has 2 heterocycles. The van der Waals surface area contributed by atoms with Gasteiger partial charge in [-0.25, -0.2) is 4.98 Å². The van der Waals surface area contributed by atoms with Crippen molar-refractivity contribution in [3.63, 3.8) is 0 Å². The van der Waals surface area contributed by atoms with Gasteiger partial charge in [0.05, 0.1) is 18.9 Å². The molecule has 1 aromatic rings. The van der Waals surface area contributed by atoms with Crippen molar-refractivity contribution in [2.75, 3.05) is 26.7 Å². The summed E-state index contributed by atoms with van der Waals surface area (Å²) in [5.74, 6) is 1.50. The van der Waals surface area contributed by atoms with E-state index in [1.807, 2.05) is 18.7 Å². The monoisotopic (exact) mass is 295 g/mol. The number of imidazole rings is 1. The number of hydrogen-bond donors (Lipinski definition) is 1. The number of guanidine groups is 1. The Bertz CT molecular complexity index is 468. The first kappa shape index (κ1) is 14.9. The SMILES string of the molecule is C=C(Cl)CNC(=NC)N1CCC(C)C(n2ccnc2)C1. The summed E-state index contributed by atoms with van der Waals surface area (Å²) in [6.07, 6.45) is 6.88. The number of nitrogens with zero attached hydrogens (tertiary/aromatic N) is 4. The third kappa shape index (κ3) is 3.54. The van der Waals surface area contributed by atoms with Gasteiger partial charge in [0.1, 0.15) is 0 Å². The summed E-state index contributed by atoms with van der Waals surface area (Å²) >= 11 is 5.81. The van der Waals surface area contributed by atoms with Gasteiger partial charge in [-0.05, 0) is 12.3 Å². The number of aromatic nitrogens is 2. The van der Waals surface area contributed by atoms with Crippen LogP contribution in [-0.2, 0) is 0 Å². The molecule has 5 nitrogen and oxygen atoms in total. The molecule has 1 aromatic heterocycles. The highest BCUT2D eigenvalue weighted by Gasteiger charge is 2.28. The molecule has 1 aliphatic rings. The van der Waals surface area contributed by atoms with Gasteiger partial charge < -0.3 is 14.8 Å². The van der Waals surface area contributed by atoms with Gasteiger partial charge in [0, 0.05) is 37.6 Å². The van der Waals surface area contributed by atoms with Gasteiger partial charge in [-0.2, -0.15) is 0 Å². The average molecular weight is 296 g/mol. The van der Waals surface area contributed by atoms with E-state index >= 15 is 0 Å². The Labute approximate surface area is 125 Å². The minimum atomic E-state index is 0.420. The van der Waals surface area contributed by atoms with Crippen molar-refractivity contribution in [2.45, 2.75) is 19.4 Å². The van der Waals surface area contributed by atoms with Crippen molar-refractivity contribution >= 4 is 17.6 Å². The minimum absolute atomic E-state index is 0.420. The van der Waals surface area contributed by atoms with Crippen LogP contribution in [0.5, 0.6) is 0 Å². The summed E-state index contributed by atoms with van der Waals surface area (Å²) in [6.45, 7) is 8.44. The predicted molar refractivity (Wildman–Crippen MR) is 83.0 cm³/mol. The van der Waals surface area contributed by atoms with E-state index in [1.54, 1.807) is 7.05 Å². The zero-order chi connectivity index (χ0) is 14.5. The van der Waals surface area contributed by atoms with Crippen LogP contribution in [0.4, 0.5) is 0 Å². The van der Waals surface area contributed by atoms with Gasteiger partial charge in [-0.1, -0.05) is 25.1 Å². The number of piperidine rings is 1. The fourth-order valence-electron chi connectivity index (χ4n) is 2.60. The number of halogens is 1. The van der Waals surface area contributed by atoms with E-state index < -0.39 is 0 Å². The van der Waals surface area contributed by atoms with Crippen LogP contribution < -0.4 is 5.32 Å². The summed E-state index contributed by atoms with van der Waals surface area (Å²) in [5, 5.41) is 3.82. The van der Waals surface area contributed by atoms with Crippen LogP contribution in [0, 0.1) is 5.92 Å². The van der Waals surface area contributed by atoms with E-state index in [0.717, 1.165) is 25.5 Å². The largest absolute Gasteiger partial charge is 0.351 e. The topological polar surface area (TPSA) is 45.5 Å². The number of nitrogens with one attached hydrogen (secondary N) is 1. The summed E-state index contributed by atoms with van der Waals surface area (Å²) in [6, 6.07) is 0.420. The van der Waals surface area contributed by atoms with E-state index in [1.165, 1.54) is 0 Å². The normalized spacial score (nSPS) is 23.8. The molecule has 0 aromatic carbocycles. The third-order valence-corrected chi connectivity index (χ3v) is 3.91. The molecule has 0 radical (unpaired) electrons. The highest BCUT2D eigenvalue weighted by molar-refractivity contribution is 6.29. The number of rotatable bonds is 3. The lowest BCUT2D eigenvalue weighted by Crippen LogP contribution is -2.49. The van der Waals surface area contributed by atoms with Crippen molar-refractivity contribution in [3.05, 3.63) is 30.3 Å². The first-order valence-electron chi connectivity index (χ1n) is 6.88. The summed E-state index contributed by atoms with van der Waals surface area (Å²) < 4.78 is 2.19. The highest BCUT2D eigenvalue weighted by atomic mass is 35.5. The second-order valence-electron chi connectivity index (χ2n) is 5.21. The van der Waals surface area contributed by atoms with Gasteiger partial charge in [0.25, 0.3) is 0 Å². The lowest BCUT2D eigenvalue weighted by Gasteiger charge is -2.39. The molecule has 2 unspecified atom stereocenters. The second-order valence-corrected chi connectivity index (χ2v) is 5.74. The van der Waals surface area contributed by atoms with E-state index in [4.69, 9.17) is 11.6 Å². The van der Waals surface area contributed by atoms with Gasteiger partial charge >= 0.3 is 0 Å². The molecule has 2 rings (SSSR count). The van der Waals surface area contributed by atoms with Crippen LogP contribution in [0.2, 0.25) is 0 Å². The third-order valence-electron chi connectivity index (χ3n) is 3.78. The fourth-order valence-corrected chi connectivity index (χ4v) is 2.67. The Morgan fingerprint density at radius 2 is 2.40 bits per heavy atom. The lowest BCUT2D eigenvalue weighted by atomic mass is 9.93. The Balaban J connectivity index is 2.04. The van der Waals surface area contributed by atoms with Gasteiger partial charge in [0.15, 0.2) is 5.96 Å². The van der Waals surface area contributed by atoms with Gasteiger partial charge in [-0.15, -0.1) is 0 Å². The van der Waals surface area contributed by atoms with Crippen molar-refractivity contribution in [3.8, 4) is 0 Å². The van der Waals surface area contributed by atoms with Crippen LogP contribution in [-0.4, -0.2) is 47.1 Å². The van der Waals surface area contributed by atoms with Crippen LogP contribution in [0.15, 0.2) is 35.3 Å². The fraction of sp³-hybridized carbons (Fsp3) is 0.571. The molecule has 1 saturated heterocycles. The van der Waals surface area contributed by atoms with Crippen molar-refractivity contribution in [1.82, 2.24) is 19.8 Å². The van der Waals surface area contributed by atoms with Crippen LogP contribution in [0.1, 0.15) is 19.4 Å². The minimum Gasteiger partial charge on any atom is -0.351 e. The van der Waals surface area contributed by atoms with E-state index in [2.05, 4.69) is 38.3 Å². The maximum Gasteiger partial charge on any atom is 0.194 e. The standard InChI is InChI=1S/C14H22ClN5/c1-11-4-6-19(14(16-3)18-8-12(2)15)9-13(11)20-7-5-17-10-20/h5,7,10-11,13H,2,4,6,8-9H2,1,3H3,(H,16,18). The zero-order valence-corrected chi connectivity index (χ0v) is 12.8. The molecule has 20 heavy (non-hydrogen) atoms. The molecule has 110 valence electrons. The van der Waals surface area contributed by atoms with Crippen LogP contribution in [0.3, 0.4) is 0 Å². The maximum absolute atomic E-state index is 5.81. The number of aliphatic imine (C=N–C) groups is 1. The predicted octanol–water partition coefficient (Wildman–Crippen LogP) is 2.09. The lowest BCUT2D eigenvalue weighted by molar-refractivity contribution is 0.189. The number of likely N-dealkylation sites (tertiary alicyclic amines) is 1. The molecule has 0 saturated carbocycles. The van der Waals surface area contributed by atoms with E-state index in [9.17, 15) is 0 Å². The smallest absolute Gasteiger partial charge is 0.194 e. The van der Waals surface area contributed by atoms with Crippen molar-refractivity contribution < 1.29 is 0 Å². The first-order chi connectivity index (χ1) is 9.61. The molecule has 0 spiro atoms. The average Bonchev–Trinajstić information content (AvgIpc) is 2.94. The molecular weight excluding hydrogens is 274 g/mol. The van der Waals surface area contributed by atoms with Crippen LogP contribution in [0.25, 0.3) is 0 Å². The van der Waals surface area contributed by atoms with Crippen LogP contribution >= 0.6 is 11.6 Å². The summed E-state index contributed by atoms with van der Waals surface area (Å²) in [7, 11) is 1.80. The summed E-state index contributed by atoms with van der Waals surface area (Å²) in [5.41, 5.74) is 0. The molecule has 6 heteroatoms.